The fraction of sp³-hybridized carbons (Fsp3) is 0. The monoisotopic (exact) mass is 339 g/mol. The molecule has 0 fully saturated rings. The van der Waals surface area contributed by atoms with Crippen LogP contribution in [0.4, 0.5) is 5.69 Å². The highest BCUT2D eigenvalue weighted by atomic mass is 16.5. The SMILES string of the molecule is O=C1c2ccccc2C(=O)N1c1ccc2c(c1)Oc1ccccc1C=C2. The van der Waals surface area contributed by atoms with E-state index < -0.39 is 0 Å². The van der Waals surface area contributed by atoms with E-state index >= 15 is 0 Å². The molecule has 3 aromatic rings. The number of hydrogen-bond acceptors (Lipinski definition) is 3. The van der Waals surface area contributed by atoms with Gasteiger partial charge in [0.1, 0.15) is 11.5 Å². The predicted molar refractivity (Wildman–Crippen MR) is 99.5 cm³/mol. The molecule has 4 nitrogen and oxygen atoms in total. The molecule has 0 N–H and O–H groups in total. The lowest BCUT2D eigenvalue weighted by atomic mass is 10.1. The molecule has 3 aromatic carbocycles. The van der Waals surface area contributed by atoms with E-state index in [1.165, 1.54) is 4.90 Å². The molecule has 0 saturated heterocycles. The lowest BCUT2D eigenvalue weighted by Gasteiger charge is -2.16. The Labute approximate surface area is 150 Å². The van der Waals surface area contributed by atoms with E-state index in [9.17, 15) is 9.59 Å². The van der Waals surface area contributed by atoms with E-state index in [-0.39, 0.29) is 11.8 Å². The van der Waals surface area contributed by atoms with Gasteiger partial charge >= 0.3 is 0 Å². The predicted octanol–water partition coefficient (Wildman–Crippen LogP) is 4.76. The zero-order chi connectivity index (χ0) is 17.7. The molecular weight excluding hydrogens is 326 g/mol. The Bertz CT molecular complexity index is 1080. The number of hydrogen-bond donors (Lipinski definition) is 0. The molecule has 0 atom stereocenters. The van der Waals surface area contributed by atoms with Crippen LogP contribution in [0.2, 0.25) is 0 Å². The van der Waals surface area contributed by atoms with Crippen molar-refractivity contribution in [1.82, 2.24) is 0 Å². The quantitative estimate of drug-likeness (QED) is 0.470. The summed E-state index contributed by atoms with van der Waals surface area (Å²) in [6.45, 7) is 0. The number of carbonyl (C=O) groups is 2. The minimum atomic E-state index is -0.310. The van der Waals surface area contributed by atoms with Gasteiger partial charge in [-0.05, 0) is 30.3 Å². The molecule has 0 unspecified atom stereocenters. The van der Waals surface area contributed by atoms with Crippen LogP contribution >= 0.6 is 0 Å². The molecule has 124 valence electrons. The van der Waals surface area contributed by atoms with Gasteiger partial charge in [-0.2, -0.15) is 0 Å². The third kappa shape index (κ3) is 2.09. The van der Waals surface area contributed by atoms with Crippen molar-refractivity contribution < 1.29 is 14.3 Å². The summed E-state index contributed by atoms with van der Waals surface area (Å²) in [6.07, 6.45) is 3.95. The molecule has 0 bridgehead atoms. The van der Waals surface area contributed by atoms with Crippen LogP contribution in [0.3, 0.4) is 0 Å². The van der Waals surface area contributed by atoms with E-state index in [0.717, 1.165) is 16.9 Å². The van der Waals surface area contributed by atoms with E-state index in [0.29, 0.717) is 22.6 Å². The molecule has 4 heteroatoms. The summed E-state index contributed by atoms with van der Waals surface area (Å²) < 4.78 is 6.04. The summed E-state index contributed by atoms with van der Waals surface area (Å²) in [4.78, 5) is 26.6. The number of fused-ring (bicyclic) bond motifs is 3. The summed E-state index contributed by atoms with van der Waals surface area (Å²) in [5, 5.41) is 0. The second kappa shape index (κ2) is 5.43. The number of amides is 2. The molecule has 0 saturated carbocycles. The Kier molecular flexibility index (Phi) is 3.06. The number of imide groups is 1. The van der Waals surface area contributed by atoms with Gasteiger partial charge in [-0.1, -0.05) is 42.5 Å². The van der Waals surface area contributed by atoms with Crippen molar-refractivity contribution in [2.75, 3.05) is 4.90 Å². The zero-order valence-electron chi connectivity index (χ0n) is 13.7. The van der Waals surface area contributed by atoms with Crippen LogP contribution in [0.25, 0.3) is 12.2 Å². The first-order chi connectivity index (χ1) is 12.7. The number of ether oxygens (including phenoxy) is 1. The van der Waals surface area contributed by atoms with Crippen LogP contribution in [-0.2, 0) is 0 Å². The van der Waals surface area contributed by atoms with Crippen molar-refractivity contribution in [2.45, 2.75) is 0 Å². The maximum Gasteiger partial charge on any atom is 0.266 e. The second-order valence-electron chi connectivity index (χ2n) is 6.19. The van der Waals surface area contributed by atoms with Gasteiger partial charge in [-0.15, -0.1) is 0 Å². The van der Waals surface area contributed by atoms with Gasteiger partial charge in [0.15, 0.2) is 0 Å². The van der Waals surface area contributed by atoms with Crippen molar-refractivity contribution in [3.05, 3.63) is 89.0 Å². The minimum Gasteiger partial charge on any atom is -0.456 e. The van der Waals surface area contributed by atoms with E-state index in [2.05, 4.69) is 0 Å². The third-order valence-corrected chi connectivity index (χ3v) is 4.63. The molecule has 0 aliphatic carbocycles. The lowest BCUT2D eigenvalue weighted by molar-refractivity contribution is 0.0926. The Morgan fingerprint density at radius 2 is 1.27 bits per heavy atom. The Hall–Kier alpha value is -3.66. The van der Waals surface area contributed by atoms with Gasteiger partial charge in [-0.25, -0.2) is 4.90 Å². The molecular formula is C22H13NO3. The number of rotatable bonds is 1. The van der Waals surface area contributed by atoms with Gasteiger partial charge < -0.3 is 4.74 Å². The molecule has 2 heterocycles. The van der Waals surface area contributed by atoms with Crippen LogP contribution in [0.5, 0.6) is 11.5 Å². The fourth-order valence-corrected chi connectivity index (χ4v) is 3.32. The van der Waals surface area contributed by atoms with Gasteiger partial charge in [0.25, 0.3) is 11.8 Å². The standard InChI is InChI=1S/C22H13NO3/c24-21-17-6-2-3-7-18(17)22(25)23(21)16-12-11-15-10-9-14-5-1-4-8-19(14)26-20(15)13-16/h1-13H. The van der Waals surface area contributed by atoms with E-state index in [4.69, 9.17) is 4.74 Å². The largest absolute Gasteiger partial charge is 0.456 e. The maximum absolute atomic E-state index is 12.7. The smallest absolute Gasteiger partial charge is 0.266 e. The topological polar surface area (TPSA) is 46.6 Å². The third-order valence-electron chi connectivity index (χ3n) is 4.63. The van der Waals surface area contributed by atoms with Crippen LogP contribution < -0.4 is 9.64 Å². The number of para-hydroxylation sites is 1. The summed E-state index contributed by atoms with van der Waals surface area (Å²) in [5.41, 5.74) is 3.23. The molecule has 5 rings (SSSR count). The average Bonchev–Trinajstić information content (AvgIpc) is 2.82. The normalized spacial score (nSPS) is 14.4. The summed E-state index contributed by atoms with van der Waals surface area (Å²) >= 11 is 0. The van der Waals surface area contributed by atoms with Crippen LogP contribution in [0, 0.1) is 0 Å². The minimum absolute atomic E-state index is 0.310. The van der Waals surface area contributed by atoms with Gasteiger partial charge in [0.05, 0.1) is 16.8 Å². The van der Waals surface area contributed by atoms with Crippen LogP contribution in [-0.4, -0.2) is 11.8 Å². The number of benzene rings is 3. The Morgan fingerprint density at radius 1 is 0.654 bits per heavy atom. The molecule has 2 amide bonds. The van der Waals surface area contributed by atoms with Crippen LogP contribution in [0.1, 0.15) is 31.8 Å². The highest BCUT2D eigenvalue weighted by molar-refractivity contribution is 6.34. The molecule has 2 aliphatic heterocycles. The number of nitrogens with zero attached hydrogens (tertiary/aromatic N) is 1. The highest BCUT2D eigenvalue weighted by Crippen LogP contribution is 2.37. The number of carbonyl (C=O) groups excluding carboxylic acids is 2. The van der Waals surface area contributed by atoms with Crippen molar-refractivity contribution in [3.8, 4) is 11.5 Å². The van der Waals surface area contributed by atoms with Crippen molar-refractivity contribution in [2.24, 2.45) is 0 Å². The number of anilines is 1. The first-order valence-corrected chi connectivity index (χ1v) is 8.29. The molecule has 0 aromatic heterocycles. The van der Waals surface area contributed by atoms with Gasteiger partial charge in [-0.3, -0.25) is 9.59 Å². The lowest BCUT2D eigenvalue weighted by Crippen LogP contribution is -2.29. The molecule has 2 aliphatic rings. The summed E-state index contributed by atoms with van der Waals surface area (Å²) in [5.74, 6) is 0.729. The zero-order valence-corrected chi connectivity index (χ0v) is 13.7. The van der Waals surface area contributed by atoms with Gasteiger partial charge in [0.2, 0.25) is 0 Å². The highest BCUT2D eigenvalue weighted by Gasteiger charge is 2.36. The fourth-order valence-electron chi connectivity index (χ4n) is 3.32. The summed E-state index contributed by atoms with van der Waals surface area (Å²) in [6, 6.07) is 20.0. The van der Waals surface area contributed by atoms with E-state index in [1.807, 2.05) is 42.5 Å². The molecule has 0 radical (unpaired) electrons. The molecule has 0 spiro atoms. The van der Waals surface area contributed by atoms with Crippen LogP contribution in [0.15, 0.2) is 66.7 Å². The van der Waals surface area contributed by atoms with Crippen molar-refractivity contribution >= 4 is 29.7 Å². The molecule has 26 heavy (non-hydrogen) atoms. The Balaban J connectivity index is 1.59. The average molecular weight is 339 g/mol. The second-order valence-corrected chi connectivity index (χ2v) is 6.19. The summed E-state index contributed by atoms with van der Waals surface area (Å²) in [7, 11) is 0. The van der Waals surface area contributed by atoms with Crippen molar-refractivity contribution in [3.63, 3.8) is 0 Å². The first-order valence-electron chi connectivity index (χ1n) is 8.29. The Morgan fingerprint density at radius 3 is 2.00 bits per heavy atom. The first kappa shape index (κ1) is 14.7. The van der Waals surface area contributed by atoms with Gasteiger partial charge in [0, 0.05) is 17.2 Å². The van der Waals surface area contributed by atoms with E-state index in [1.54, 1.807) is 36.4 Å². The van der Waals surface area contributed by atoms with Crippen molar-refractivity contribution in [1.29, 1.82) is 0 Å². The maximum atomic E-state index is 12.7.